The largest absolute Gasteiger partial charge is 0.295 e. The predicted octanol–water partition coefficient (Wildman–Crippen LogP) is 1.55. The van der Waals surface area contributed by atoms with Crippen LogP contribution < -0.4 is 0 Å². The minimum atomic E-state index is 0.234. The molecule has 1 aliphatic carbocycles. The molecule has 0 radical (unpaired) electrons. The van der Waals surface area contributed by atoms with Gasteiger partial charge in [0.15, 0.2) is 5.78 Å². The van der Waals surface area contributed by atoms with Crippen molar-refractivity contribution in [1.29, 1.82) is 0 Å². The molecule has 0 unspecified atom stereocenters. The molecule has 0 amide bonds. The lowest BCUT2D eigenvalue weighted by molar-refractivity contribution is -0.114. The standard InChI is InChI=1S/C9H10N2O/c12-9-3-1-2-7(4-9)8-5-10-11-6-8/h4-6H,1-3H2,(H,10,11). The Hall–Kier alpha value is -1.38. The summed E-state index contributed by atoms with van der Waals surface area (Å²) in [4.78, 5) is 11.1. The summed E-state index contributed by atoms with van der Waals surface area (Å²) < 4.78 is 0. The van der Waals surface area contributed by atoms with Crippen molar-refractivity contribution in [2.75, 3.05) is 0 Å². The summed E-state index contributed by atoms with van der Waals surface area (Å²) in [5.41, 5.74) is 2.16. The molecule has 3 heteroatoms. The molecule has 0 aromatic carbocycles. The highest BCUT2D eigenvalue weighted by Gasteiger charge is 2.11. The summed E-state index contributed by atoms with van der Waals surface area (Å²) in [6.45, 7) is 0. The second kappa shape index (κ2) is 2.93. The van der Waals surface area contributed by atoms with Gasteiger partial charge < -0.3 is 0 Å². The van der Waals surface area contributed by atoms with E-state index in [1.54, 1.807) is 12.3 Å². The van der Waals surface area contributed by atoms with Crippen LogP contribution in [0.2, 0.25) is 0 Å². The van der Waals surface area contributed by atoms with Crippen LogP contribution in [0, 0.1) is 0 Å². The summed E-state index contributed by atoms with van der Waals surface area (Å²) >= 11 is 0. The van der Waals surface area contributed by atoms with E-state index in [2.05, 4.69) is 10.2 Å². The van der Waals surface area contributed by atoms with Crippen LogP contribution in [-0.2, 0) is 4.79 Å². The molecular formula is C9H10N2O. The Morgan fingerprint density at radius 2 is 2.33 bits per heavy atom. The van der Waals surface area contributed by atoms with Crippen LogP contribution in [0.1, 0.15) is 24.8 Å². The molecule has 0 bridgehead atoms. The van der Waals surface area contributed by atoms with E-state index in [4.69, 9.17) is 0 Å². The number of nitrogens with zero attached hydrogens (tertiary/aromatic N) is 1. The van der Waals surface area contributed by atoms with Gasteiger partial charge in [-0.1, -0.05) is 0 Å². The minimum absolute atomic E-state index is 0.234. The Labute approximate surface area is 70.5 Å². The maximum Gasteiger partial charge on any atom is 0.155 e. The molecule has 1 aromatic rings. The summed E-state index contributed by atoms with van der Waals surface area (Å²) in [5.74, 6) is 0.234. The molecule has 2 rings (SSSR count). The van der Waals surface area contributed by atoms with Crippen molar-refractivity contribution < 1.29 is 4.79 Å². The van der Waals surface area contributed by atoms with Gasteiger partial charge in [-0.05, 0) is 24.5 Å². The van der Waals surface area contributed by atoms with Crippen molar-refractivity contribution in [3.05, 3.63) is 24.0 Å². The van der Waals surface area contributed by atoms with Crippen LogP contribution in [-0.4, -0.2) is 16.0 Å². The third-order valence-corrected chi connectivity index (χ3v) is 2.07. The summed E-state index contributed by atoms with van der Waals surface area (Å²) in [5, 5.41) is 6.59. The van der Waals surface area contributed by atoms with Crippen LogP contribution in [0.4, 0.5) is 0 Å². The summed E-state index contributed by atoms with van der Waals surface area (Å²) in [6.07, 6.45) is 7.96. The van der Waals surface area contributed by atoms with Crippen LogP contribution in [0.5, 0.6) is 0 Å². The molecule has 1 N–H and O–H groups in total. The van der Waals surface area contributed by atoms with E-state index in [-0.39, 0.29) is 5.78 Å². The highest BCUT2D eigenvalue weighted by molar-refractivity contribution is 5.98. The van der Waals surface area contributed by atoms with Gasteiger partial charge in [0.25, 0.3) is 0 Å². The van der Waals surface area contributed by atoms with Gasteiger partial charge in [0, 0.05) is 18.2 Å². The summed E-state index contributed by atoms with van der Waals surface area (Å²) in [6, 6.07) is 0. The third-order valence-electron chi connectivity index (χ3n) is 2.07. The topological polar surface area (TPSA) is 45.8 Å². The molecule has 62 valence electrons. The van der Waals surface area contributed by atoms with E-state index >= 15 is 0 Å². The molecule has 0 saturated carbocycles. The maximum absolute atomic E-state index is 11.1. The quantitative estimate of drug-likeness (QED) is 0.680. The fourth-order valence-corrected chi connectivity index (χ4v) is 1.45. The number of aromatic amines is 1. The Morgan fingerprint density at radius 1 is 1.42 bits per heavy atom. The monoisotopic (exact) mass is 162 g/mol. The number of nitrogens with one attached hydrogen (secondary N) is 1. The van der Waals surface area contributed by atoms with Crippen molar-refractivity contribution in [2.45, 2.75) is 19.3 Å². The predicted molar refractivity (Wildman–Crippen MR) is 45.4 cm³/mol. The van der Waals surface area contributed by atoms with Gasteiger partial charge in [0.05, 0.1) is 6.20 Å². The lowest BCUT2D eigenvalue weighted by atomic mass is 9.95. The number of hydrogen-bond acceptors (Lipinski definition) is 2. The van der Waals surface area contributed by atoms with E-state index in [1.165, 1.54) is 0 Å². The lowest BCUT2D eigenvalue weighted by Crippen LogP contribution is -2.01. The second-order valence-electron chi connectivity index (χ2n) is 2.98. The number of H-pyrrole nitrogens is 1. The van der Waals surface area contributed by atoms with Crippen molar-refractivity contribution in [1.82, 2.24) is 10.2 Å². The maximum atomic E-state index is 11.1. The normalized spacial score (nSPS) is 17.7. The van der Waals surface area contributed by atoms with E-state index in [9.17, 15) is 4.79 Å². The highest BCUT2D eigenvalue weighted by atomic mass is 16.1. The van der Waals surface area contributed by atoms with E-state index in [1.807, 2.05) is 6.20 Å². The van der Waals surface area contributed by atoms with E-state index < -0.39 is 0 Å². The SMILES string of the molecule is O=C1C=C(c2cn[nH]c2)CCC1. The second-order valence-corrected chi connectivity index (χ2v) is 2.98. The van der Waals surface area contributed by atoms with E-state index in [0.29, 0.717) is 6.42 Å². The minimum Gasteiger partial charge on any atom is -0.295 e. The molecule has 3 nitrogen and oxygen atoms in total. The number of carbonyl (C=O) groups is 1. The van der Waals surface area contributed by atoms with Crippen molar-refractivity contribution in [3.8, 4) is 0 Å². The van der Waals surface area contributed by atoms with Gasteiger partial charge in [-0.25, -0.2) is 0 Å². The molecule has 12 heavy (non-hydrogen) atoms. The lowest BCUT2D eigenvalue weighted by Gasteiger charge is -2.09. The fraction of sp³-hybridized carbons (Fsp3) is 0.333. The molecule has 0 atom stereocenters. The van der Waals surface area contributed by atoms with Gasteiger partial charge in [0.2, 0.25) is 0 Å². The van der Waals surface area contributed by atoms with Gasteiger partial charge in [-0.15, -0.1) is 0 Å². The molecule has 0 saturated heterocycles. The molecule has 1 heterocycles. The average molecular weight is 162 g/mol. The molecular weight excluding hydrogens is 152 g/mol. The Bertz CT molecular complexity index is 311. The highest BCUT2D eigenvalue weighted by Crippen LogP contribution is 2.23. The van der Waals surface area contributed by atoms with Crippen molar-refractivity contribution in [2.24, 2.45) is 0 Å². The van der Waals surface area contributed by atoms with Crippen LogP contribution in [0.25, 0.3) is 5.57 Å². The third kappa shape index (κ3) is 1.30. The first-order valence-corrected chi connectivity index (χ1v) is 4.09. The molecule has 1 aliphatic rings. The van der Waals surface area contributed by atoms with Gasteiger partial charge in [-0.2, -0.15) is 5.10 Å². The van der Waals surface area contributed by atoms with Gasteiger partial charge in [0.1, 0.15) is 0 Å². The number of rotatable bonds is 1. The number of ketones is 1. The molecule has 0 fully saturated rings. The number of aromatic nitrogens is 2. The number of carbonyl (C=O) groups excluding carboxylic acids is 1. The first-order chi connectivity index (χ1) is 5.86. The Kier molecular flexibility index (Phi) is 1.78. The smallest absolute Gasteiger partial charge is 0.155 e. The van der Waals surface area contributed by atoms with Crippen molar-refractivity contribution in [3.63, 3.8) is 0 Å². The first-order valence-electron chi connectivity index (χ1n) is 4.09. The zero-order valence-corrected chi connectivity index (χ0v) is 6.71. The van der Waals surface area contributed by atoms with Gasteiger partial charge in [-0.3, -0.25) is 9.89 Å². The zero-order valence-electron chi connectivity index (χ0n) is 6.71. The molecule has 0 aliphatic heterocycles. The Balaban J connectivity index is 2.29. The van der Waals surface area contributed by atoms with Crippen LogP contribution in [0.3, 0.4) is 0 Å². The summed E-state index contributed by atoms with van der Waals surface area (Å²) in [7, 11) is 0. The molecule has 0 spiro atoms. The molecule has 1 aromatic heterocycles. The fourth-order valence-electron chi connectivity index (χ4n) is 1.45. The van der Waals surface area contributed by atoms with Crippen LogP contribution >= 0.6 is 0 Å². The van der Waals surface area contributed by atoms with Gasteiger partial charge >= 0.3 is 0 Å². The number of allylic oxidation sites excluding steroid dienone is 2. The van der Waals surface area contributed by atoms with Crippen molar-refractivity contribution >= 4 is 11.4 Å². The van der Waals surface area contributed by atoms with E-state index in [0.717, 1.165) is 24.0 Å². The number of hydrogen-bond donors (Lipinski definition) is 1. The van der Waals surface area contributed by atoms with Crippen LogP contribution in [0.15, 0.2) is 18.5 Å². The Morgan fingerprint density at radius 3 is 3.00 bits per heavy atom. The zero-order chi connectivity index (χ0) is 8.39. The first kappa shape index (κ1) is 7.28. The average Bonchev–Trinajstić information content (AvgIpc) is 2.56.